The van der Waals surface area contributed by atoms with E-state index < -0.39 is 0 Å². The highest BCUT2D eigenvalue weighted by atomic mass is 127. The zero-order chi connectivity index (χ0) is 5.54. The molecule has 3 heteroatoms. The lowest BCUT2D eigenvalue weighted by Crippen LogP contribution is -2.15. The molecule has 3 N–H and O–H groups in total. The molecule has 44 valence electrons. The van der Waals surface area contributed by atoms with Gasteiger partial charge in [0.15, 0.2) is 0 Å². The van der Waals surface area contributed by atoms with Crippen molar-refractivity contribution in [1.82, 2.24) is 5.32 Å². The van der Waals surface area contributed by atoms with Crippen LogP contribution in [0.3, 0.4) is 0 Å². The lowest BCUT2D eigenvalue weighted by Gasteiger charge is -1.94. The van der Waals surface area contributed by atoms with Crippen LogP contribution >= 0.6 is 22.6 Å². The van der Waals surface area contributed by atoms with E-state index in [2.05, 4.69) is 27.9 Å². The molecule has 0 aliphatic rings. The molecule has 0 aliphatic heterocycles. The topological polar surface area (TPSA) is 38.0 Å². The van der Waals surface area contributed by atoms with Crippen molar-refractivity contribution in [1.29, 1.82) is 0 Å². The predicted molar refractivity (Wildman–Crippen MR) is 40.6 cm³/mol. The van der Waals surface area contributed by atoms with Crippen molar-refractivity contribution in [3.8, 4) is 0 Å². The summed E-state index contributed by atoms with van der Waals surface area (Å²) in [4.78, 5) is 0. The van der Waals surface area contributed by atoms with E-state index in [0.29, 0.717) is 0 Å². The maximum absolute atomic E-state index is 5.23. The third kappa shape index (κ3) is 6.65. The van der Waals surface area contributed by atoms with E-state index in [-0.39, 0.29) is 0 Å². The predicted octanol–water partition coefficient (Wildman–Crippen LogP) is 0.317. The first-order chi connectivity index (χ1) is 3.41. The second kappa shape index (κ2) is 6.65. The minimum atomic E-state index is 0.795. The van der Waals surface area contributed by atoms with Crippen LogP contribution in [0.4, 0.5) is 0 Å². The molecule has 0 fully saturated rings. The van der Waals surface area contributed by atoms with Crippen molar-refractivity contribution in [2.24, 2.45) is 5.73 Å². The van der Waals surface area contributed by atoms with E-state index in [4.69, 9.17) is 5.73 Å². The highest BCUT2D eigenvalue weighted by molar-refractivity contribution is 14.1. The lowest BCUT2D eigenvalue weighted by molar-refractivity contribution is 0.728. The molecule has 0 unspecified atom stereocenters. The van der Waals surface area contributed by atoms with E-state index >= 15 is 0 Å². The largest absolute Gasteiger partial charge is 0.330 e. The van der Waals surface area contributed by atoms with Crippen molar-refractivity contribution in [2.45, 2.75) is 6.42 Å². The minimum Gasteiger partial charge on any atom is -0.330 e. The molecule has 0 radical (unpaired) electrons. The SMILES string of the molecule is NCCCNCI. The second-order valence-corrected chi connectivity index (χ2v) is 2.04. The Morgan fingerprint density at radius 3 is 2.71 bits per heavy atom. The number of hydrogen-bond donors (Lipinski definition) is 2. The standard InChI is InChI=1S/C4H11IN2/c5-4-7-3-1-2-6/h7H,1-4,6H2. The number of hydrogen-bond acceptors (Lipinski definition) is 2. The Morgan fingerprint density at radius 2 is 2.29 bits per heavy atom. The number of nitrogens with two attached hydrogens (primary N) is 1. The van der Waals surface area contributed by atoms with Crippen molar-refractivity contribution in [2.75, 3.05) is 17.6 Å². The van der Waals surface area contributed by atoms with Crippen LogP contribution in [0.25, 0.3) is 0 Å². The third-order valence-electron chi connectivity index (χ3n) is 0.652. The van der Waals surface area contributed by atoms with Gasteiger partial charge in [-0.3, -0.25) is 0 Å². The minimum absolute atomic E-state index is 0.795. The van der Waals surface area contributed by atoms with Gasteiger partial charge in [0.1, 0.15) is 0 Å². The van der Waals surface area contributed by atoms with E-state index in [1.165, 1.54) is 0 Å². The molecule has 0 amide bonds. The van der Waals surface area contributed by atoms with Gasteiger partial charge in [0.2, 0.25) is 0 Å². The molecule has 0 rings (SSSR count). The van der Waals surface area contributed by atoms with E-state index in [0.717, 1.165) is 24.1 Å². The van der Waals surface area contributed by atoms with Crippen LogP contribution in [0, 0.1) is 0 Å². The summed E-state index contributed by atoms with van der Waals surface area (Å²) >= 11 is 2.28. The Hall–Kier alpha value is 0.650. The number of halogens is 1. The summed E-state index contributed by atoms with van der Waals surface area (Å²) in [5.41, 5.74) is 5.23. The smallest absolute Gasteiger partial charge is 0.0479 e. The van der Waals surface area contributed by atoms with Crippen LogP contribution in [-0.2, 0) is 0 Å². The molecule has 0 heterocycles. The molecule has 0 bridgehead atoms. The number of nitrogens with one attached hydrogen (secondary N) is 1. The van der Waals surface area contributed by atoms with Gasteiger partial charge in [0.25, 0.3) is 0 Å². The average molecular weight is 214 g/mol. The number of rotatable bonds is 4. The molecule has 0 atom stereocenters. The summed E-state index contributed by atoms with van der Waals surface area (Å²) in [6, 6.07) is 0. The molecule has 7 heavy (non-hydrogen) atoms. The fraction of sp³-hybridized carbons (Fsp3) is 1.00. The van der Waals surface area contributed by atoms with Gasteiger partial charge in [-0.15, -0.1) is 0 Å². The van der Waals surface area contributed by atoms with Gasteiger partial charge in [-0.05, 0) is 19.5 Å². The van der Waals surface area contributed by atoms with Crippen LogP contribution in [-0.4, -0.2) is 17.6 Å². The molecule has 0 aromatic heterocycles. The fourth-order valence-electron chi connectivity index (χ4n) is 0.294. The Bertz CT molecular complexity index is 28.9. The van der Waals surface area contributed by atoms with Gasteiger partial charge in [-0.2, -0.15) is 0 Å². The van der Waals surface area contributed by atoms with E-state index in [9.17, 15) is 0 Å². The average Bonchev–Trinajstić information content (AvgIpc) is 1.69. The Kier molecular flexibility index (Phi) is 7.27. The number of alkyl halides is 1. The summed E-state index contributed by atoms with van der Waals surface area (Å²) in [6.45, 7) is 1.85. The molecule has 2 nitrogen and oxygen atoms in total. The van der Waals surface area contributed by atoms with E-state index in [1.54, 1.807) is 0 Å². The van der Waals surface area contributed by atoms with Crippen molar-refractivity contribution in [3.05, 3.63) is 0 Å². The van der Waals surface area contributed by atoms with Crippen LogP contribution in [0.1, 0.15) is 6.42 Å². The van der Waals surface area contributed by atoms with Crippen LogP contribution in [0.2, 0.25) is 0 Å². The first-order valence-electron chi connectivity index (χ1n) is 2.38. The third-order valence-corrected chi connectivity index (χ3v) is 1.19. The Morgan fingerprint density at radius 1 is 1.57 bits per heavy atom. The van der Waals surface area contributed by atoms with E-state index in [1.807, 2.05) is 0 Å². The van der Waals surface area contributed by atoms with Gasteiger partial charge in [-0.25, -0.2) is 0 Å². The molecule has 0 aromatic carbocycles. The first-order valence-corrected chi connectivity index (χ1v) is 3.91. The monoisotopic (exact) mass is 214 g/mol. The van der Waals surface area contributed by atoms with Gasteiger partial charge in [0, 0.05) is 4.55 Å². The van der Waals surface area contributed by atoms with Gasteiger partial charge < -0.3 is 11.1 Å². The van der Waals surface area contributed by atoms with Crippen LogP contribution in [0.15, 0.2) is 0 Å². The molecule has 0 aromatic rings. The highest BCUT2D eigenvalue weighted by Gasteiger charge is 1.78. The maximum Gasteiger partial charge on any atom is 0.0479 e. The van der Waals surface area contributed by atoms with Crippen molar-refractivity contribution >= 4 is 22.6 Å². The molecular formula is C4H11IN2. The van der Waals surface area contributed by atoms with Gasteiger partial charge >= 0.3 is 0 Å². The first kappa shape index (κ1) is 7.65. The molecule has 0 saturated carbocycles. The molecular weight excluding hydrogens is 203 g/mol. The quantitative estimate of drug-likeness (QED) is 0.306. The zero-order valence-electron chi connectivity index (χ0n) is 4.28. The summed E-state index contributed by atoms with van der Waals surface area (Å²) in [7, 11) is 0. The molecule has 0 saturated heterocycles. The van der Waals surface area contributed by atoms with Crippen LogP contribution in [0.5, 0.6) is 0 Å². The summed E-state index contributed by atoms with van der Waals surface area (Å²) in [6.07, 6.45) is 1.09. The van der Waals surface area contributed by atoms with Gasteiger partial charge in [-0.1, -0.05) is 22.6 Å². The second-order valence-electron chi connectivity index (χ2n) is 1.28. The Labute approximate surface area is 58.0 Å². The highest BCUT2D eigenvalue weighted by Crippen LogP contribution is 1.74. The molecule has 0 aliphatic carbocycles. The summed E-state index contributed by atoms with van der Waals surface area (Å²) in [5.74, 6) is 0. The zero-order valence-corrected chi connectivity index (χ0v) is 6.44. The lowest BCUT2D eigenvalue weighted by atomic mass is 10.4. The van der Waals surface area contributed by atoms with Gasteiger partial charge in [0.05, 0.1) is 0 Å². The Balaban J connectivity index is 2.45. The maximum atomic E-state index is 5.23. The van der Waals surface area contributed by atoms with Crippen LogP contribution < -0.4 is 11.1 Å². The van der Waals surface area contributed by atoms with Crippen molar-refractivity contribution < 1.29 is 0 Å². The summed E-state index contributed by atoms with van der Waals surface area (Å²) < 4.78 is 1.03. The van der Waals surface area contributed by atoms with Crippen molar-refractivity contribution in [3.63, 3.8) is 0 Å². The fourth-order valence-corrected chi connectivity index (χ4v) is 0.675. The summed E-state index contributed by atoms with van der Waals surface area (Å²) in [5, 5.41) is 3.16. The normalized spacial score (nSPS) is 9.43. The molecule has 0 spiro atoms.